The molecule has 6 heteroatoms. The van der Waals surface area contributed by atoms with Gasteiger partial charge in [-0.25, -0.2) is 9.97 Å². The molecule has 1 heterocycles. The molecule has 0 aliphatic carbocycles. The summed E-state index contributed by atoms with van der Waals surface area (Å²) >= 11 is 0. The SMILES string of the molecule is C=CCNc1nc(C)cc(C(=O)NCc2ccc(OC)cc2)n1. The van der Waals surface area contributed by atoms with Gasteiger partial charge in [0.05, 0.1) is 7.11 Å². The lowest BCUT2D eigenvalue weighted by molar-refractivity contribution is 0.0945. The highest BCUT2D eigenvalue weighted by atomic mass is 16.5. The number of aromatic nitrogens is 2. The molecule has 0 bridgehead atoms. The average Bonchev–Trinajstić information content (AvgIpc) is 2.57. The van der Waals surface area contributed by atoms with Gasteiger partial charge in [-0.15, -0.1) is 6.58 Å². The molecular weight excluding hydrogens is 292 g/mol. The van der Waals surface area contributed by atoms with E-state index in [2.05, 4.69) is 27.2 Å². The van der Waals surface area contributed by atoms with Crippen LogP contribution in [0.3, 0.4) is 0 Å². The van der Waals surface area contributed by atoms with Crippen molar-refractivity contribution >= 4 is 11.9 Å². The minimum atomic E-state index is -0.243. The molecule has 23 heavy (non-hydrogen) atoms. The van der Waals surface area contributed by atoms with Gasteiger partial charge < -0.3 is 15.4 Å². The van der Waals surface area contributed by atoms with Crippen LogP contribution in [0.25, 0.3) is 0 Å². The van der Waals surface area contributed by atoms with Crippen LogP contribution in [0.1, 0.15) is 21.7 Å². The number of methoxy groups -OCH3 is 1. The van der Waals surface area contributed by atoms with Crippen LogP contribution in [-0.2, 0) is 6.54 Å². The Morgan fingerprint density at radius 3 is 2.70 bits per heavy atom. The maximum absolute atomic E-state index is 12.2. The maximum atomic E-state index is 12.2. The summed E-state index contributed by atoms with van der Waals surface area (Å²) in [5, 5.41) is 5.83. The molecule has 6 nitrogen and oxygen atoms in total. The number of nitrogens with zero attached hydrogens (tertiary/aromatic N) is 2. The summed E-state index contributed by atoms with van der Waals surface area (Å²) in [5.41, 5.74) is 2.04. The lowest BCUT2D eigenvalue weighted by Crippen LogP contribution is -2.24. The van der Waals surface area contributed by atoms with Gasteiger partial charge in [0.15, 0.2) is 0 Å². The van der Waals surface area contributed by atoms with Crippen molar-refractivity contribution in [1.82, 2.24) is 15.3 Å². The Balaban J connectivity index is 2.01. The zero-order valence-corrected chi connectivity index (χ0v) is 13.3. The molecule has 2 aromatic rings. The smallest absolute Gasteiger partial charge is 0.270 e. The van der Waals surface area contributed by atoms with E-state index in [1.54, 1.807) is 19.3 Å². The number of hydrogen-bond donors (Lipinski definition) is 2. The second kappa shape index (κ2) is 7.93. The van der Waals surface area contributed by atoms with E-state index < -0.39 is 0 Å². The van der Waals surface area contributed by atoms with Crippen LogP contribution in [0.5, 0.6) is 5.75 Å². The number of hydrogen-bond acceptors (Lipinski definition) is 5. The fourth-order valence-corrected chi connectivity index (χ4v) is 1.94. The lowest BCUT2D eigenvalue weighted by atomic mass is 10.2. The van der Waals surface area contributed by atoms with Crippen molar-refractivity contribution in [3.8, 4) is 5.75 Å². The third kappa shape index (κ3) is 4.81. The molecule has 0 radical (unpaired) electrons. The van der Waals surface area contributed by atoms with Crippen molar-refractivity contribution in [3.63, 3.8) is 0 Å². The Labute approximate surface area is 135 Å². The first-order chi connectivity index (χ1) is 11.1. The van der Waals surface area contributed by atoms with Crippen molar-refractivity contribution in [2.45, 2.75) is 13.5 Å². The van der Waals surface area contributed by atoms with Gasteiger partial charge >= 0.3 is 0 Å². The first kappa shape index (κ1) is 16.5. The van der Waals surface area contributed by atoms with Crippen molar-refractivity contribution in [2.24, 2.45) is 0 Å². The fourth-order valence-electron chi connectivity index (χ4n) is 1.94. The van der Waals surface area contributed by atoms with E-state index in [1.807, 2.05) is 31.2 Å². The third-order valence-electron chi connectivity index (χ3n) is 3.10. The molecule has 0 aliphatic rings. The number of carbonyl (C=O) groups is 1. The van der Waals surface area contributed by atoms with Crippen LogP contribution < -0.4 is 15.4 Å². The van der Waals surface area contributed by atoms with Crippen molar-refractivity contribution in [3.05, 3.63) is 59.9 Å². The molecule has 0 spiro atoms. The summed E-state index contributed by atoms with van der Waals surface area (Å²) in [6, 6.07) is 9.17. The minimum Gasteiger partial charge on any atom is -0.497 e. The predicted molar refractivity (Wildman–Crippen MR) is 89.6 cm³/mol. The van der Waals surface area contributed by atoms with Gasteiger partial charge in [-0.05, 0) is 30.7 Å². The quantitative estimate of drug-likeness (QED) is 0.767. The van der Waals surface area contributed by atoms with E-state index in [0.29, 0.717) is 24.7 Å². The standard InChI is InChI=1S/C17H20N4O2/c1-4-9-18-17-20-12(2)10-15(21-17)16(22)19-11-13-5-7-14(23-3)8-6-13/h4-8,10H,1,9,11H2,2-3H3,(H,19,22)(H,18,20,21). The largest absolute Gasteiger partial charge is 0.497 e. The monoisotopic (exact) mass is 312 g/mol. The Morgan fingerprint density at radius 1 is 1.30 bits per heavy atom. The Hall–Kier alpha value is -2.89. The zero-order chi connectivity index (χ0) is 16.7. The number of nitrogens with one attached hydrogen (secondary N) is 2. The van der Waals surface area contributed by atoms with Gasteiger partial charge in [-0.2, -0.15) is 0 Å². The molecule has 2 N–H and O–H groups in total. The van der Waals surface area contributed by atoms with Gasteiger partial charge in [0.25, 0.3) is 5.91 Å². The Kier molecular flexibility index (Phi) is 5.68. The number of amides is 1. The molecule has 0 fully saturated rings. The second-order valence-electron chi connectivity index (χ2n) is 4.92. The summed E-state index contributed by atoms with van der Waals surface area (Å²) in [5.74, 6) is 0.955. The summed E-state index contributed by atoms with van der Waals surface area (Å²) in [6.45, 7) is 6.40. The summed E-state index contributed by atoms with van der Waals surface area (Å²) in [7, 11) is 1.62. The first-order valence-corrected chi connectivity index (χ1v) is 7.24. The van der Waals surface area contributed by atoms with E-state index >= 15 is 0 Å². The third-order valence-corrected chi connectivity index (χ3v) is 3.10. The summed E-state index contributed by atoms with van der Waals surface area (Å²) in [4.78, 5) is 20.7. The van der Waals surface area contributed by atoms with Crippen molar-refractivity contribution in [2.75, 3.05) is 19.0 Å². The number of anilines is 1. The number of ether oxygens (including phenoxy) is 1. The molecule has 0 saturated carbocycles. The highest BCUT2D eigenvalue weighted by Gasteiger charge is 2.10. The molecule has 1 aromatic carbocycles. The normalized spacial score (nSPS) is 10.0. The molecule has 1 aromatic heterocycles. The fraction of sp³-hybridized carbons (Fsp3) is 0.235. The molecule has 0 saturated heterocycles. The first-order valence-electron chi connectivity index (χ1n) is 7.24. The predicted octanol–water partition coefficient (Wildman–Crippen LogP) is 2.32. The summed E-state index contributed by atoms with van der Waals surface area (Å²) in [6.07, 6.45) is 1.70. The lowest BCUT2D eigenvalue weighted by Gasteiger charge is -2.08. The van der Waals surface area contributed by atoms with Crippen molar-refractivity contribution < 1.29 is 9.53 Å². The maximum Gasteiger partial charge on any atom is 0.270 e. The van der Waals surface area contributed by atoms with Crippen molar-refractivity contribution in [1.29, 1.82) is 0 Å². The van der Waals surface area contributed by atoms with Crippen LogP contribution in [0.2, 0.25) is 0 Å². The van der Waals surface area contributed by atoms with E-state index in [0.717, 1.165) is 17.0 Å². The van der Waals surface area contributed by atoms with Crippen LogP contribution in [0, 0.1) is 6.92 Å². The van der Waals surface area contributed by atoms with Crippen LogP contribution in [0.15, 0.2) is 43.0 Å². The van der Waals surface area contributed by atoms with Gasteiger partial charge in [0, 0.05) is 18.8 Å². The van der Waals surface area contributed by atoms with Gasteiger partial charge in [-0.3, -0.25) is 4.79 Å². The van der Waals surface area contributed by atoms with Gasteiger partial charge in [-0.1, -0.05) is 18.2 Å². The van der Waals surface area contributed by atoms with Crippen LogP contribution in [-0.4, -0.2) is 29.5 Å². The average molecular weight is 312 g/mol. The highest BCUT2D eigenvalue weighted by molar-refractivity contribution is 5.92. The Bertz CT molecular complexity index is 683. The van der Waals surface area contributed by atoms with Gasteiger partial charge in [0.2, 0.25) is 5.95 Å². The van der Waals surface area contributed by atoms with Crippen LogP contribution in [0.4, 0.5) is 5.95 Å². The number of rotatable bonds is 7. The number of aryl methyl sites for hydroxylation is 1. The summed E-state index contributed by atoms with van der Waals surface area (Å²) < 4.78 is 5.10. The Morgan fingerprint density at radius 2 is 2.04 bits per heavy atom. The molecule has 0 aliphatic heterocycles. The van der Waals surface area contributed by atoms with Crippen LogP contribution >= 0.6 is 0 Å². The number of carbonyl (C=O) groups excluding carboxylic acids is 1. The molecule has 120 valence electrons. The molecule has 0 atom stereocenters. The molecule has 0 unspecified atom stereocenters. The topological polar surface area (TPSA) is 76.1 Å². The molecule has 2 rings (SSSR count). The van der Waals surface area contributed by atoms with Gasteiger partial charge in [0.1, 0.15) is 11.4 Å². The van der Waals surface area contributed by atoms with E-state index in [4.69, 9.17) is 4.74 Å². The molecular formula is C17H20N4O2. The van der Waals surface area contributed by atoms with E-state index in [9.17, 15) is 4.79 Å². The van der Waals surface area contributed by atoms with E-state index in [-0.39, 0.29) is 5.91 Å². The van der Waals surface area contributed by atoms with E-state index in [1.165, 1.54) is 0 Å². The highest BCUT2D eigenvalue weighted by Crippen LogP contribution is 2.11. The number of benzene rings is 1. The minimum absolute atomic E-state index is 0.243. The zero-order valence-electron chi connectivity index (χ0n) is 13.3. The second-order valence-corrected chi connectivity index (χ2v) is 4.92. The molecule has 1 amide bonds.